The molecule has 1 aromatic rings. The van der Waals surface area contributed by atoms with Crippen molar-refractivity contribution in [1.82, 2.24) is 9.80 Å². The van der Waals surface area contributed by atoms with Crippen LogP contribution in [0, 0.1) is 0 Å². The molecule has 1 heterocycles. The Balaban J connectivity index is 1.86. The van der Waals surface area contributed by atoms with Crippen molar-refractivity contribution >= 4 is 18.2 Å². The number of carbonyl (C=O) groups excluding carboxylic acids is 2. The van der Waals surface area contributed by atoms with Crippen molar-refractivity contribution < 1.29 is 14.3 Å². The van der Waals surface area contributed by atoms with Gasteiger partial charge in [-0.05, 0) is 30.5 Å². The van der Waals surface area contributed by atoms with Crippen LogP contribution in [0.5, 0.6) is 0 Å². The van der Waals surface area contributed by atoms with E-state index in [1.165, 1.54) is 0 Å². The lowest BCUT2D eigenvalue weighted by Gasteiger charge is -2.26. The molecule has 1 aromatic carbocycles. The zero-order valence-electron chi connectivity index (χ0n) is 13.1. The first-order valence-electron chi connectivity index (χ1n) is 7.49. The number of ether oxygens (including phenoxy) is 1. The maximum absolute atomic E-state index is 12.2. The Labute approximate surface area is 131 Å². The molecule has 0 saturated carbocycles. The lowest BCUT2D eigenvalue weighted by Crippen LogP contribution is -2.42. The summed E-state index contributed by atoms with van der Waals surface area (Å²) in [5, 5.41) is 3.04. The molecule has 1 N–H and O–H groups in total. The Kier molecular flexibility index (Phi) is 5.63. The molecule has 120 valence electrons. The zero-order valence-corrected chi connectivity index (χ0v) is 13.1. The van der Waals surface area contributed by atoms with E-state index in [4.69, 9.17) is 4.74 Å². The first-order valence-corrected chi connectivity index (χ1v) is 7.49. The Morgan fingerprint density at radius 1 is 1.45 bits per heavy atom. The number of benzene rings is 1. The van der Waals surface area contributed by atoms with Gasteiger partial charge < -0.3 is 19.9 Å². The monoisotopic (exact) mass is 305 g/mol. The predicted octanol–water partition coefficient (Wildman–Crippen LogP) is 1.92. The van der Waals surface area contributed by atoms with Crippen molar-refractivity contribution in [2.24, 2.45) is 0 Å². The van der Waals surface area contributed by atoms with Gasteiger partial charge in [0.25, 0.3) is 0 Å². The van der Waals surface area contributed by atoms with Crippen LogP contribution >= 0.6 is 0 Å². The van der Waals surface area contributed by atoms with Crippen LogP contribution in [-0.2, 0) is 16.1 Å². The normalized spacial score (nSPS) is 17.2. The van der Waals surface area contributed by atoms with Crippen LogP contribution in [0.3, 0.4) is 0 Å². The molecule has 0 aliphatic carbocycles. The van der Waals surface area contributed by atoms with Gasteiger partial charge in [0.05, 0.1) is 6.04 Å². The van der Waals surface area contributed by atoms with Crippen LogP contribution in [0.1, 0.15) is 18.4 Å². The third-order valence-electron chi connectivity index (χ3n) is 3.90. The second-order valence-corrected chi connectivity index (χ2v) is 5.54. The molecule has 1 aliphatic heterocycles. The van der Waals surface area contributed by atoms with Gasteiger partial charge in [0.2, 0.25) is 6.41 Å². The number of nitrogens with zero attached hydrogens (tertiary/aromatic N) is 2. The quantitative estimate of drug-likeness (QED) is 0.816. The first-order chi connectivity index (χ1) is 10.6. The summed E-state index contributed by atoms with van der Waals surface area (Å²) in [7, 11) is 3.58. The van der Waals surface area contributed by atoms with Crippen molar-refractivity contribution in [2.75, 3.05) is 32.5 Å². The van der Waals surface area contributed by atoms with E-state index in [2.05, 4.69) is 5.32 Å². The maximum atomic E-state index is 12.2. The molecular weight excluding hydrogens is 282 g/mol. The zero-order chi connectivity index (χ0) is 15.9. The van der Waals surface area contributed by atoms with Crippen molar-refractivity contribution in [1.29, 1.82) is 0 Å². The summed E-state index contributed by atoms with van der Waals surface area (Å²) in [5.41, 5.74) is 1.97. The van der Waals surface area contributed by atoms with E-state index < -0.39 is 0 Å². The summed E-state index contributed by atoms with van der Waals surface area (Å²) in [6.45, 7) is 1.50. The first kappa shape index (κ1) is 16.1. The van der Waals surface area contributed by atoms with Crippen LogP contribution in [0.4, 0.5) is 10.5 Å². The number of anilines is 1. The van der Waals surface area contributed by atoms with Crippen LogP contribution in [0.15, 0.2) is 24.3 Å². The lowest BCUT2D eigenvalue weighted by atomic mass is 10.2. The maximum Gasteiger partial charge on any atom is 0.410 e. The predicted molar refractivity (Wildman–Crippen MR) is 84.6 cm³/mol. The van der Waals surface area contributed by atoms with Gasteiger partial charge in [-0.1, -0.05) is 12.1 Å². The lowest BCUT2D eigenvalue weighted by molar-refractivity contribution is -0.117. The molecule has 2 rings (SSSR count). The molecule has 6 nitrogen and oxygen atoms in total. The number of hydrogen-bond donors (Lipinski definition) is 1. The minimum Gasteiger partial charge on any atom is -0.445 e. The van der Waals surface area contributed by atoms with Crippen molar-refractivity contribution in [2.45, 2.75) is 25.5 Å². The number of likely N-dealkylation sites (tertiary alicyclic amines) is 1. The molecule has 1 fully saturated rings. The fourth-order valence-electron chi connectivity index (χ4n) is 2.64. The van der Waals surface area contributed by atoms with E-state index in [0.29, 0.717) is 13.1 Å². The van der Waals surface area contributed by atoms with Crippen LogP contribution in [0.2, 0.25) is 0 Å². The fourth-order valence-corrected chi connectivity index (χ4v) is 2.64. The Bertz CT molecular complexity index is 504. The van der Waals surface area contributed by atoms with Crippen LogP contribution in [0.25, 0.3) is 0 Å². The van der Waals surface area contributed by atoms with Crippen molar-refractivity contribution in [3.8, 4) is 0 Å². The van der Waals surface area contributed by atoms with Gasteiger partial charge in [-0.25, -0.2) is 4.79 Å². The van der Waals surface area contributed by atoms with Crippen LogP contribution in [-0.4, -0.2) is 55.5 Å². The van der Waals surface area contributed by atoms with E-state index in [9.17, 15) is 9.59 Å². The fraction of sp³-hybridized carbons (Fsp3) is 0.500. The van der Waals surface area contributed by atoms with Gasteiger partial charge >= 0.3 is 6.09 Å². The minimum atomic E-state index is -0.306. The molecule has 22 heavy (non-hydrogen) atoms. The van der Waals surface area contributed by atoms with Crippen LogP contribution < -0.4 is 5.32 Å². The molecule has 2 amide bonds. The van der Waals surface area contributed by atoms with Gasteiger partial charge in [0, 0.05) is 32.9 Å². The van der Waals surface area contributed by atoms with Gasteiger partial charge in [-0.3, -0.25) is 4.79 Å². The summed E-state index contributed by atoms with van der Waals surface area (Å²) in [6.07, 6.45) is 2.33. The summed E-state index contributed by atoms with van der Waals surface area (Å²) in [5.74, 6) is 0. The number of likely N-dealkylation sites (N-methyl/N-ethyl adjacent to an activating group) is 1. The van der Waals surface area contributed by atoms with Gasteiger partial charge in [-0.2, -0.15) is 0 Å². The molecule has 1 unspecified atom stereocenters. The summed E-state index contributed by atoms with van der Waals surface area (Å²) >= 11 is 0. The SMILES string of the molecule is CNc1ccc(COC(=O)N2CCCC2CN(C)C=O)cc1. The number of amides is 2. The molecule has 0 radical (unpaired) electrons. The average Bonchev–Trinajstić information content (AvgIpc) is 3.01. The molecule has 0 bridgehead atoms. The molecule has 0 spiro atoms. The van der Waals surface area contributed by atoms with Crippen molar-refractivity contribution in [3.63, 3.8) is 0 Å². The highest BCUT2D eigenvalue weighted by atomic mass is 16.6. The highest BCUT2D eigenvalue weighted by molar-refractivity contribution is 5.68. The minimum absolute atomic E-state index is 0.0503. The van der Waals surface area contributed by atoms with Gasteiger partial charge in [0.1, 0.15) is 6.61 Å². The molecule has 1 aliphatic rings. The Morgan fingerprint density at radius 3 is 2.82 bits per heavy atom. The largest absolute Gasteiger partial charge is 0.445 e. The molecular formula is C16H23N3O3. The van der Waals surface area contributed by atoms with E-state index in [-0.39, 0.29) is 18.7 Å². The summed E-state index contributed by atoms with van der Waals surface area (Å²) in [6, 6.07) is 7.80. The Hall–Kier alpha value is -2.24. The second kappa shape index (κ2) is 7.68. The second-order valence-electron chi connectivity index (χ2n) is 5.54. The van der Waals surface area contributed by atoms with E-state index in [0.717, 1.165) is 30.5 Å². The van der Waals surface area contributed by atoms with Gasteiger partial charge in [-0.15, -0.1) is 0 Å². The number of carbonyl (C=O) groups is 2. The van der Waals surface area contributed by atoms with Crippen molar-refractivity contribution in [3.05, 3.63) is 29.8 Å². The Morgan fingerprint density at radius 2 is 2.18 bits per heavy atom. The van der Waals surface area contributed by atoms with E-state index >= 15 is 0 Å². The number of rotatable bonds is 6. The highest BCUT2D eigenvalue weighted by Gasteiger charge is 2.30. The molecule has 1 saturated heterocycles. The summed E-state index contributed by atoms with van der Waals surface area (Å²) in [4.78, 5) is 26.2. The molecule has 0 aromatic heterocycles. The third-order valence-corrected chi connectivity index (χ3v) is 3.90. The topological polar surface area (TPSA) is 61.9 Å². The van der Waals surface area contributed by atoms with E-state index in [1.807, 2.05) is 31.3 Å². The van der Waals surface area contributed by atoms with Gasteiger partial charge in [0.15, 0.2) is 0 Å². The smallest absolute Gasteiger partial charge is 0.410 e. The molecule has 1 atom stereocenters. The highest BCUT2D eigenvalue weighted by Crippen LogP contribution is 2.19. The average molecular weight is 305 g/mol. The third kappa shape index (κ3) is 4.13. The standard InChI is InChI=1S/C16H23N3O3/c1-17-14-7-5-13(6-8-14)11-22-16(21)19-9-3-4-15(19)10-18(2)12-20/h5-8,12,15,17H,3-4,9-11H2,1-2H3. The van der Waals surface area contributed by atoms with E-state index in [1.54, 1.807) is 16.8 Å². The molecule has 6 heteroatoms. The number of nitrogens with one attached hydrogen (secondary N) is 1. The summed E-state index contributed by atoms with van der Waals surface area (Å²) < 4.78 is 5.39. The number of hydrogen-bond acceptors (Lipinski definition) is 4.